The lowest BCUT2D eigenvalue weighted by atomic mass is 9.93. The predicted octanol–water partition coefficient (Wildman–Crippen LogP) is 3.30. The molecule has 0 aliphatic carbocycles. The number of piperidine rings is 1. The third kappa shape index (κ3) is 4.09. The van der Waals surface area contributed by atoms with Crippen LogP contribution in [0.4, 0.5) is 0 Å². The number of amides is 1. The highest BCUT2D eigenvalue weighted by Gasteiger charge is 2.25. The summed E-state index contributed by atoms with van der Waals surface area (Å²) in [7, 11) is 0. The molecule has 2 aromatic rings. The molecule has 1 amide bonds. The summed E-state index contributed by atoms with van der Waals surface area (Å²) in [6, 6.07) is 13.8. The van der Waals surface area contributed by atoms with E-state index in [2.05, 4.69) is 17.6 Å². The minimum absolute atomic E-state index is 0.118. The minimum atomic E-state index is -0.198. The van der Waals surface area contributed by atoms with E-state index in [1.165, 1.54) is 0 Å². The summed E-state index contributed by atoms with van der Waals surface area (Å²) in [5.41, 5.74) is 1.33. The molecule has 2 unspecified atom stereocenters. The smallest absolute Gasteiger partial charge is 0.252 e. The van der Waals surface area contributed by atoms with Gasteiger partial charge in [0.15, 0.2) is 5.78 Å². The number of hydrogen-bond acceptors (Lipinski definition) is 3. The van der Waals surface area contributed by atoms with Crippen LogP contribution in [0.1, 0.15) is 39.6 Å². The molecule has 25 heavy (non-hydrogen) atoms. The summed E-state index contributed by atoms with van der Waals surface area (Å²) in [6.45, 7) is 3.89. The van der Waals surface area contributed by atoms with Crippen molar-refractivity contribution in [3.05, 3.63) is 70.2 Å². The van der Waals surface area contributed by atoms with Crippen molar-refractivity contribution in [2.24, 2.45) is 5.92 Å². The van der Waals surface area contributed by atoms with Gasteiger partial charge >= 0.3 is 0 Å². The maximum absolute atomic E-state index is 12.8. The van der Waals surface area contributed by atoms with E-state index in [0.29, 0.717) is 27.6 Å². The first kappa shape index (κ1) is 17.6. The number of halogens is 1. The molecular weight excluding hydrogens is 336 g/mol. The number of benzene rings is 2. The van der Waals surface area contributed by atoms with Gasteiger partial charge in [-0.1, -0.05) is 36.7 Å². The third-order valence-corrected chi connectivity index (χ3v) is 4.88. The van der Waals surface area contributed by atoms with E-state index in [-0.39, 0.29) is 17.7 Å². The highest BCUT2D eigenvalue weighted by Crippen LogP contribution is 2.18. The highest BCUT2D eigenvalue weighted by atomic mass is 35.5. The van der Waals surface area contributed by atoms with Crippen molar-refractivity contribution in [2.45, 2.75) is 19.4 Å². The van der Waals surface area contributed by atoms with Gasteiger partial charge in [-0.3, -0.25) is 9.59 Å². The van der Waals surface area contributed by atoms with Crippen LogP contribution in [0.3, 0.4) is 0 Å². The van der Waals surface area contributed by atoms with Crippen LogP contribution in [0.25, 0.3) is 0 Å². The van der Waals surface area contributed by atoms with Crippen LogP contribution in [0.15, 0.2) is 48.5 Å². The molecule has 2 aromatic carbocycles. The Morgan fingerprint density at radius 3 is 2.44 bits per heavy atom. The Hall–Kier alpha value is -2.17. The highest BCUT2D eigenvalue weighted by molar-refractivity contribution is 6.30. The van der Waals surface area contributed by atoms with E-state index in [1.54, 1.807) is 48.5 Å². The van der Waals surface area contributed by atoms with Crippen LogP contribution in [0.2, 0.25) is 5.02 Å². The Labute approximate surface area is 152 Å². The molecule has 0 aromatic heterocycles. The number of ketones is 1. The Bertz CT molecular complexity index is 774. The SMILES string of the molecule is CC1CNCCC1NC(=O)c1ccccc1C(=O)c1ccc(Cl)cc1. The van der Waals surface area contributed by atoms with Gasteiger partial charge in [-0.25, -0.2) is 0 Å². The van der Waals surface area contributed by atoms with Crippen molar-refractivity contribution in [3.8, 4) is 0 Å². The Morgan fingerprint density at radius 1 is 1.08 bits per heavy atom. The van der Waals surface area contributed by atoms with Crippen LogP contribution in [-0.4, -0.2) is 30.8 Å². The number of rotatable bonds is 4. The largest absolute Gasteiger partial charge is 0.349 e. The van der Waals surface area contributed by atoms with Crippen LogP contribution < -0.4 is 10.6 Å². The predicted molar refractivity (Wildman–Crippen MR) is 99.2 cm³/mol. The van der Waals surface area contributed by atoms with Gasteiger partial charge in [0.25, 0.3) is 5.91 Å². The lowest BCUT2D eigenvalue weighted by Gasteiger charge is -2.30. The first-order valence-corrected chi connectivity index (χ1v) is 8.85. The van der Waals surface area contributed by atoms with Gasteiger partial charge < -0.3 is 10.6 Å². The quantitative estimate of drug-likeness (QED) is 0.826. The monoisotopic (exact) mass is 356 g/mol. The topological polar surface area (TPSA) is 58.2 Å². The first-order chi connectivity index (χ1) is 12.1. The molecule has 1 fully saturated rings. The van der Waals surface area contributed by atoms with Crippen molar-refractivity contribution in [1.29, 1.82) is 0 Å². The summed E-state index contributed by atoms with van der Waals surface area (Å²) >= 11 is 5.89. The van der Waals surface area contributed by atoms with E-state index < -0.39 is 0 Å². The Morgan fingerprint density at radius 2 is 1.76 bits per heavy atom. The zero-order valence-corrected chi connectivity index (χ0v) is 14.8. The van der Waals surface area contributed by atoms with Crippen molar-refractivity contribution < 1.29 is 9.59 Å². The molecule has 0 bridgehead atoms. The summed E-state index contributed by atoms with van der Waals surface area (Å²) < 4.78 is 0. The van der Waals surface area contributed by atoms with E-state index in [4.69, 9.17) is 11.6 Å². The van der Waals surface area contributed by atoms with E-state index in [1.807, 2.05) is 0 Å². The van der Waals surface area contributed by atoms with Crippen molar-refractivity contribution >= 4 is 23.3 Å². The van der Waals surface area contributed by atoms with E-state index in [9.17, 15) is 9.59 Å². The fourth-order valence-corrected chi connectivity index (χ4v) is 3.24. The maximum Gasteiger partial charge on any atom is 0.252 e. The number of carbonyl (C=O) groups is 2. The van der Waals surface area contributed by atoms with Gasteiger partial charge in [0.05, 0.1) is 5.56 Å². The van der Waals surface area contributed by atoms with Gasteiger partial charge in [-0.05, 0) is 55.8 Å². The second kappa shape index (κ2) is 7.81. The molecule has 0 spiro atoms. The van der Waals surface area contributed by atoms with Crippen LogP contribution in [0, 0.1) is 5.92 Å². The number of hydrogen-bond donors (Lipinski definition) is 2. The molecule has 1 saturated heterocycles. The van der Waals surface area contributed by atoms with Gasteiger partial charge in [0, 0.05) is 22.2 Å². The average molecular weight is 357 g/mol. The zero-order chi connectivity index (χ0) is 17.8. The molecule has 2 atom stereocenters. The van der Waals surface area contributed by atoms with Gasteiger partial charge in [-0.2, -0.15) is 0 Å². The molecule has 1 aliphatic heterocycles. The second-order valence-electron chi connectivity index (χ2n) is 6.43. The Kier molecular flexibility index (Phi) is 5.51. The van der Waals surface area contributed by atoms with E-state index >= 15 is 0 Å². The molecule has 4 nitrogen and oxygen atoms in total. The van der Waals surface area contributed by atoms with Gasteiger partial charge in [0.1, 0.15) is 0 Å². The molecule has 5 heteroatoms. The second-order valence-corrected chi connectivity index (χ2v) is 6.87. The third-order valence-electron chi connectivity index (χ3n) is 4.62. The van der Waals surface area contributed by atoms with Crippen molar-refractivity contribution in [2.75, 3.05) is 13.1 Å². The summed E-state index contributed by atoms with van der Waals surface area (Å²) in [5, 5.41) is 6.98. The molecule has 1 aliphatic rings. The molecule has 130 valence electrons. The molecule has 2 N–H and O–H groups in total. The van der Waals surface area contributed by atoms with E-state index in [0.717, 1.165) is 19.5 Å². The molecule has 0 saturated carbocycles. The zero-order valence-electron chi connectivity index (χ0n) is 14.1. The lowest BCUT2D eigenvalue weighted by molar-refractivity contribution is 0.0905. The minimum Gasteiger partial charge on any atom is -0.349 e. The standard InChI is InChI=1S/C20H21ClN2O2/c1-13-12-22-11-10-18(13)23-20(25)17-5-3-2-4-16(17)19(24)14-6-8-15(21)9-7-14/h2-9,13,18,22H,10-12H2,1H3,(H,23,25). The Balaban J connectivity index is 1.83. The number of nitrogens with one attached hydrogen (secondary N) is 2. The molecule has 1 heterocycles. The molecule has 0 radical (unpaired) electrons. The normalized spacial score (nSPS) is 20.1. The van der Waals surface area contributed by atoms with Crippen molar-refractivity contribution in [1.82, 2.24) is 10.6 Å². The molecule has 3 rings (SSSR count). The lowest BCUT2D eigenvalue weighted by Crippen LogP contribution is -2.48. The van der Waals surface area contributed by atoms with Crippen LogP contribution in [-0.2, 0) is 0 Å². The summed E-state index contributed by atoms with van der Waals surface area (Å²) in [6.07, 6.45) is 0.889. The average Bonchev–Trinajstić information content (AvgIpc) is 2.63. The number of carbonyl (C=O) groups excluding carboxylic acids is 2. The van der Waals surface area contributed by atoms with Crippen LogP contribution in [0.5, 0.6) is 0 Å². The fraction of sp³-hybridized carbons (Fsp3) is 0.300. The summed E-state index contributed by atoms with van der Waals surface area (Å²) in [4.78, 5) is 25.6. The van der Waals surface area contributed by atoms with Gasteiger partial charge in [0.2, 0.25) is 0 Å². The molecular formula is C20H21ClN2O2. The van der Waals surface area contributed by atoms with Crippen molar-refractivity contribution in [3.63, 3.8) is 0 Å². The first-order valence-electron chi connectivity index (χ1n) is 8.47. The fourth-order valence-electron chi connectivity index (χ4n) is 3.11. The van der Waals surface area contributed by atoms with Gasteiger partial charge in [-0.15, -0.1) is 0 Å². The maximum atomic E-state index is 12.8. The summed E-state index contributed by atoms with van der Waals surface area (Å²) in [5.74, 6) is -0.0192. The van der Waals surface area contributed by atoms with Crippen LogP contribution >= 0.6 is 11.6 Å².